The molecular formula is C14H12BrClF2N2O. The van der Waals surface area contributed by atoms with Crippen LogP contribution in [0.2, 0.25) is 5.02 Å². The summed E-state index contributed by atoms with van der Waals surface area (Å²) in [5, 5.41) is 4.65. The molecule has 0 amide bonds. The standard InChI is InChI=1S/C14H12BrClF2N2O/c1-3-9-13(16)10(20(2)19-9)6-11(21)7-4-5-8(17)14(18)12(7)15/h4-5H,3,6H2,1-2H3. The summed E-state index contributed by atoms with van der Waals surface area (Å²) in [4.78, 5) is 12.3. The second kappa shape index (κ2) is 6.23. The molecule has 2 aromatic rings. The van der Waals surface area contributed by atoms with Crippen molar-refractivity contribution < 1.29 is 13.6 Å². The van der Waals surface area contributed by atoms with E-state index < -0.39 is 11.6 Å². The van der Waals surface area contributed by atoms with Crippen molar-refractivity contribution in [1.82, 2.24) is 9.78 Å². The Kier molecular flexibility index (Phi) is 4.78. The van der Waals surface area contributed by atoms with Crippen LogP contribution in [0.25, 0.3) is 0 Å². The molecule has 0 aliphatic carbocycles. The molecule has 21 heavy (non-hydrogen) atoms. The Morgan fingerprint density at radius 1 is 1.43 bits per heavy atom. The highest BCUT2D eigenvalue weighted by Crippen LogP contribution is 2.26. The van der Waals surface area contributed by atoms with Crippen molar-refractivity contribution in [1.29, 1.82) is 0 Å². The van der Waals surface area contributed by atoms with Crippen LogP contribution in [-0.4, -0.2) is 15.6 Å². The second-order valence-electron chi connectivity index (χ2n) is 4.51. The van der Waals surface area contributed by atoms with E-state index in [9.17, 15) is 13.6 Å². The van der Waals surface area contributed by atoms with Gasteiger partial charge in [0.25, 0.3) is 0 Å². The predicted molar refractivity (Wildman–Crippen MR) is 79.7 cm³/mol. The van der Waals surface area contributed by atoms with E-state index in [1.165, 1.54) is 10.7 Å². The first-order valence-corrected chi connectivity index (χ1v) is 7.40. The molecule has 0 saturated carbocycles. The quantitative estimate of drug-likeness (QED) is 0.594. The van der Waals surface area contributed by atoms with E-state index in [4.69, 9.17) is 11.6 Å². The number of carbonyl (C=O) groups is 1. The van der Waals surface area contributed by atoms with Gasteiger partial charge in [-0.15, -0.1) is 0 Å². The lowest BCUT2D eigenvalue weighted by Crippen LogP contribution is -2.10. The van der Waals surface area contributed by atoms with Crippen molar-refractivity contribution in [3.05, 3.63) is 50.2 Å². The average Bonchev–Trinajstić information content (AvgIpc) is 2.72. The predicted octanol–water partition coefficient (Wildman–Crippen LogP) is 4.10. The number of rotatable bonds is 4. The fourth-order valence-corrected chi connectivity index (χ4v) is 2.90. The number of hydrogen-bond acceptors (Lipinski definition) is 2. The highest BCUT2D eigenvalue weighted by molar-refractivity contribution is 9.10. The maximum Gasteiger partial charge on any atom is 0.173 e. The molecule has 0 unspecified atom stereocenters. The molecule has 7 heteroatoms. The summed E-state index contributed by atoms with van der Waals surface area (Å²) in [6.45, 7) is 1.91. The number of aryl methyl sites for hydroxylation is 2. The van der Waals surface area contributed by atoms with Crippen LogP contribution in [0.3, 0.4) is 0 Å². The zero-order valence-electron chi connectivity index (χ0n) is 11.4. The van der Waals surface area contributed by atoms with E-state index in [0.29, 0.717) is 22.8 Å². The number of hydrogen-bond donors (Lipinski definition) is 0. The molecule has 112 valence electrons. The van der Waals surface area contributed by atoms with Gasteiger partial charge in [0.2, 0.25) is 0 Å². The van der Waals surface area contributed by atoms with Crippen LogP contribution in [0.5, 0.6) is 0 Å². The van der Waals surface area contributed by atoms with Crippen LogP contribution < -0.4 is 0 Å². The number of nitrogens with zero attached hydrogens (tertiary/aromatic N) is 2. The first kappa shape index (κ1) is 16.1. The summed E-state index contributed by atoms with van der Waals surface area (Å²) in [5.74, 6) is -2.45. The Hall–Kier alpha value is -1.27. The molecule has 0 N–H and O–H groups in total. The van der Waals surface area contributed by atoms with Crippen molar-refractivity contribution in [2.75, 3.05) is 0 Å². The Balaban J connectivity index is 2.35. The number of Topliss-reactive ketones (excluding diaryl/α,β-unsaturated/α-hetero) is 1. The Morgan fingerprint density at radius 2 is 2.10 bits per heavy atom. The minimum Gasteiger partial charge on any atom is -0.294 e. The number of benzene rings is 1. The number of aromatic nitrogens is 2. The molecule has 0 atom stereocenters. The minimum absolute atomic E-state index is 0.0357. The molecule has 1 aromatic heterocycles. The van der Waals surface area contributed by atoms with E-state index in [-0.39, 0.29) is 22.2 Å². The average molecular weight is 378 g/mol. The van der Waals surface area contributed by atoms with Gasteiger partial charge < -0.3 is 0 Å². The summed E-state index contributed by atoms with van der Waals surface area (Å²) >= 11 is 9.09. The van der Waals surface area contributed by atoms with E-state index in [0.717, 1.165) is 6.07 Å². The molecule has 0 saturated heterocycles. The van der Waals surface area contributed by atoms with Gasteiger partial charge >= 0.3 is 0 Å². The van der Waals surface area contributed by atoms with Crippen molar-refractivity contribution in [3.8, 4) is 0 Å². The van der Waals surface area contributed by atoms with Gasteiger partial charge in [-0.2, -0.15) is 5.10 Å². The summed E-state index contributed by atoms with van der Waals surface area (Å²) in [7, 11) is 1.69. The first-order valence-electron chi connectivity index (χ1n) is 6.23. The van der Waals surface area contributed by atoms with E-state index in [2.05, 4.69) is 21.0 Å². The second-order valence-corrected chi connectivity index (χ2v) is 5.68. The number of carbonyl (C=O) groups excluding carboxylic acids is 1. The van der Waals surface area contributed by atoms with Gasteiger partial charge in [-0.3, -0.25) is 9.48 Å². The maximum atomic E-state index is 13.5. The normalized spacial score (nSPS) is 11.0. The molecule has 3 nitrogen and oxygen atoms in total. The van der Waals surface area contributed by atoms with Crippen molar-refractivity contribution in [3.63, 3.8) is 0 Å². The zero-order valence-corrected chi connectivity index (χ0v) is 13.7. The van der Waals surface area contributed by atoms with Crippen LogP contribution in [0.1, 0.15) is 28.7 Å². The lowest BCUT2D eigenvalue weighted by atomic mass is 10.1. The van der Waals surface area contributed by atoms with Gasteiger partial charge in [0, 0.05) is 12.6 Å². The third-order valence-electron chi connectivity index (χ3n) is 3.17. The maximum absolute atomic E-state index is 13.5. The number of halogens is 4. The Labute approximate surface area is 134 Å². The molecule has 1 heterocycles. The van der Waals surface area contributed by atoms with Gasteiger partial charge in [0.15, 0.2) is 17.4 Å². The van der Waals surface area contributed by atoms with Crippen LogP contribution in [0.15, 0.2) is 16.6 Å². The van der Waals surface area contributed by atoms with Gasteiger partial charge in [-0.05, 0) is 34.5 Å². The van der Waals surface area contributed by atoms with E-state index >= 15 is 0 Å². The monoisotopic (exact) mass is 376 g/mol. The molecule has 0 aliphatic rings. The smallest absolute Gasteiger partial charge is 0.173 e. The van der Waals surface area contributed by atoms with Crippen molar-refractivity contribution >= 4 is 33.3 Å². The van der Waals surface area contributed by atoms with Crippen LogP contribution >= 0.6 is 27.5 Å². The summed E-state index contributed by atoms with van der Waals surface area (Å²) in [6, 6.07) is 2.17. The van der Waals surface area contributed by atoms with Gasteiger partial charge in [-0.1, -0.05) is 18.5 Å². The van der Waals surface area contributed by atoms with Gasteiger partial charge in [-0.25, -0.2) is 8.78 Å². The highest BCUT2D eigenvalue weighted by atomic mass is 79.9. The number of ketones is 1. The van der Waals surface area contributed by atoms with Gasteiger partial charge in [0.1, 0.15) is 0 Å². The third-order valence-corrected chi connectivity index (χ3v) is 4.38. The fourth-order valence-electron chi connectivity index (χ4n) is 2.00. The van der Waals surface area contributed by atoms with E-state index in [1.54, 1.807) is 7.05 Å². The summed E-state index contributed by atoms with van der Waals surface area (Å²) in [5.41, 5.74) is 1.32. The van der Waals surface area contributed by atoms with Crippen LogP contribution in [-0.2, 0) is 19.9 Å². The summed E-state index contributed by atoms with van der Waals surface area (Å²) in [6.07, 6.45) is 0.613. The lowest BCUT2D eigenvalue weighted by molar-refractivity contribution is 0.0989. The Bertz CT molecular complexity index is 715. The van der Waals surface area contributed by atoms with Gasteiger partial charge in [0.05, 0.1) is 27.3 Å². The molecule has 0 radical (unpaired) electrons. The van der Waals surface area contributed by atoms with Crippen LogP contribution in [0.4, 0.5) is 8.78 Å². The zero-order chi connectivity index (χ0) is 15.7. The van der Waals surface area contributed by atoms with Crippen LogP contribution in [0, 0.1) is 11.6 Å². The lowest BCUT2D eigenvalue weighted by Gasteiger charge is -2.06. The molecule has 0 bridgehead atoms. The molecule has 0 aliphatic heterocycles. The third kappa shape index (κ3) is 3.01. The minimum atomic E-state index is -1.08. The van der Waals surface area contributed by atoms with Crippen molar-refractivity contribution in [2.45, 2.75) is 19.8 Å². The molecule has 1 aromatic carbocycles. The molecule has 0 spiro atoms. The SMILES string of the molecule is CCc1nn(C)c(CC(=O)c2ccc(F)c(F)c2Br)c1Cl. The molecule has 2 rings (SSSR count). The Morgan fingerprint density at radius 3 is 2.67 bits per heavy atom. The molecule has 0 fully saturated rings. The van der Waals surface area contributed by atoms with E-state index in [1.807, 2.05) is 6.92 Å². The van der Waals surface area contributed by atoms with Crippen molar-refractivity contribution in [2.24, 2.45) is 7.05 Å². The molecular weight excluding hydrogens is 366 g/mol. The first-order chi connectivity index (χ1) is 9.86. The highest BCUT2D eigenvalue weighted by Gasteiger charge is 2.21. The fraction of sp³-hybridized carbons (Fsp3) is 0.286. The largest absolute Gasteiger partial charge is 0.294 e. The summed E-state index contributed by atoms with van der Waals surface area (Å²) < 4.78 is 27.9. The topological polar surface area (TPSA) is 34.9 Å².